The van der Waals surface area contributed by atoms with Gasteiger partial charge in [0.2, 0.25) is 0 Å². The summed E-state index contributed by atoms with van der Waals surface area (Å²) in [7, 11) is -3.52. The van der Waals surface area contributed by atoms with E-state index in [4.69, 9.17) is 0 Å². The smallest absolute Gasteiger partial charge is 0.261 e. The minimum Gasteiger partial charge on any atom is -0.280 e. The Bertz CT molecular complexity index is 794. The third-order valence-corrected chi connectivity index (χ3v) is 5.52. The second-order valence-corrected chi connectivity index (χ2v) is 7.37. The highest BCUT2D eigenvalue weighted by Gasteiger charge is 2.17. The van der Waals surface area contributed by atoms with Crippen molar-refractivity contribution in [1.29, 1.82) is 0 Å². The van der Waals surface area contributed by atoms with Gasteiger partial charge >= 0.3 is 0 Å². The number of hydrogen-bond acceptors (Lipinski definition) is 2. The summed E-state index contributed by atoms with van der Waals surface area (Å²) in [6, 6.07) is 11.0. The van der Waals surface area contributed by atoms with Crippen molar-refractivity contribution in [3.63, 3.8) is 0 Å². The zero-order chi connectivity index (χ0) is 15.0. The summed E-state index contributed by atoms with van der Waals surface area (Å²) in [5, 5.41) is 0. The molecule has 2 aromatic rings. The molecule has 110 valence electrons. The molecule has 0 unspecified atom stereocenters. The second kappa shape index (κ2) is 5.19. The van der Waals surface area contributed by atoms with Gasteiger partial charge < -0.3 is 0 Å². The highest BCUT2D eigenvalue weighted by atomic mass is 32.2. The molecule has 0 amide bonds. The van der Waals surface area contributed by atoms with Crippen LogP contribution in [0.1, 0.15) is 28.7 Å². The molecule has 1 aliphatic carbocycles. The molecule has 1 N–H and O–H groups in total. The van der Waals surface area contributed by atoms with Crippen LogP contribution in [0, 0.1) is 13.8 Å². The van der Waals surface area contributed by atoms with Gasteiger partial charge in [-0.3, -0.25) is 4.72 Å². The van der Waals surface area contributed by atoms with E-state index in [0.29, 0.717) is 10.6 Å². The zero-order valence-electron chi connectivity index (χ0n) is 12.3. The van der Waals surface area contributed by atoms with Crippen LogP contribution in [-0.4, -0.2) is 8.42 Å². The highest BCUT2D eigenvalue weighted by Crippen LogP contribution is 2.26. The lowest BCUT2D eigenvalue weighted by Gasteiger charge is -2.11. The molecule has 21 heavy (non-hydrogen) atoms. The highest BCUT2D eigenvalue weighted by molar-refractivity contribution is 7.92. The van der Waals surface area contributed by atoms with Gasteiger partial charge in [0.25, 0.3) is 10.0 Å². The maximum absolute atomic E-state index is 12.5. The standard InChI is InChI=1S/C17H19NO2S/c1-12-6-9-17(10-13(12)2)21(19,20)18-16-8-7-14-4-3-5-15(14)11-16/h6-11,18H,3-5H2,1-2H3. The van der Waals surface area contributed by atoms with Crippen LogP contribution in [0.15, 0.2) is 41.3 Å². The topological polar surface area (TPSA) is 46.2 Å². The fraction of sp³-hybridized carbons (Fsp3) is 0.294. The van der Waals surface area contributed by atoms with E-state index in [9.17, 15) is 8.42 Å². The third-order valence-electron chi connectivity index (χ3n) is 4.14. The van der Waals surface area contributed by atoms with E-state index in [0.717, 1.165) is 30.4 Å². The Morgan fingerprint density at radius 1 is 0.905 bits per heavy atom. The van der Waals surface area contributed by atoms with Crippen molar-refractivity contribution < 1.29 is 8.42 Å². The van der Waals surface area contributed by atoms with Gasteiger partial charge in [-0.25, -0.2) is 8.42 Å². The van der Waals surface area contributed by atoms with Crippen LogP contribution >= 0.6 is 0 Å². The normalized spacial score (nSPS) is 14.0. The van der Waals surface area contributed by atoms with E-state index in [1.54, 1.807) is 12.1 Å². The first kappa shape index (κ1) is 14.1. The van der Waals surface area contributed by atoms with Crippen LogP contribution in [0.5, 0.6) is 0 Å². The molecule has 0 saturated heterocycles. The number of benzene rings is 2. The molecule has 0 fully saturated rings. The lowest BCUT2D eigenvalue weighted by molar-refractivity contribution is 0.601. The number of nitrogens with one attached hydrogen (secondary N) is 1. The molecule has 4 heteroatoms. The number of hydrogen-bond donors (Lipinski definition) is 1. The fourth-order valence-electron chi connectivity index (χ4n) is 2.73. The van der Waals surface area contributed by atoms with Crippen molar-refractivity contribution in [1.82, 2.24) is 0 Å². The Labute approximate surface area is 126 Å². The fourth-order valence-corrected chi connectivity index (χ4v) is 3.86. The molecular formula is C17H19NO2S. The summed E-state index contributed by atoms with van der Waals surface area (Å²) in [6.07, 6.45) is 3.29. The van der Waals surface area contributed by atoms with Gasteiger partial charge in [-0.05, 0) is 79.6 Å². The summed E-state index contributed by atoms with van der Waals surface area (Å²) in [4.78, 5) is 0.311. The molecule has 0 bridgehead atoms. The van der Waals surface area contributed by atoms with Gasteiger partial charge in [0, 0.05) is 5.69 Å². The van der Waals surface area contributed by atoms with Gasteiger partial charge in [0.1, 0.15) is 0 Å². The Balaban J connectivity index is 1.90. The summed E-state index contributed by atoms with van der Waals surface area (Å²) in [5.74, 6) is 0. The molecule has 0 atom stereocenters. The largest absolute Gasteiger partial charge is 0.280 e. The average molecular weight is 301 g/mol. The van der Waals surface area contributed by atoms with Crippen molar-refractivity contribution in [2.24, 2.45) is 0 Å². The van der Waals surface area contributed by atoms with Gasteiger partial charge in [-0.2, -0.15) is 0 Å². The first-order chi connectivity index (χ1) is 9.95. The monoisotopic (exact) mass is 301 g/mol. The van der Waals surface area contributed by atoms with Crippen molar-refractivity contribution >= 4 is 15.7 Å². The minimum atomic E-state index is -3.52. The first-order valence-electron chi connectivity index (χ1n) is 7.17. The van der Waals surface area contributed by atoms with E-state index < -0.39 is 10.0 Å². The van der Waals surface area contributed by atoms with Crippen molar-refractivity contribution in [3.05, 3.63) is 58.7 Å². The summed E-state index contributed by atoms with van der Waals surface area (Å²) >= 11 is 0. The summed E-state index contributed by atoms with van der Waals surface area (Å²) in [6.45, 7) is 3.89. The molecule has 0 heterocycles. The van der Waals surface area contributed by atoms with Crippen LogP contribution in [0.4, 0.5) is 5.69 Å². The minimum absolute atomic E-state index is 0.311. The molecule has 2 aromatic carbocycles. The third kappa shape index (κ3) is 2.81. The van der Waals surface area contributed by atoms with E-state index in [1.165, 1.54) is 11.1 Å². The zero-order valence-corrected chi connectivity index (χ0v) is 13.1. The van der Waals surface area contributed by atoms with E-state index in [2.05, 4.69) is 4.72 Å². The van der Waals surface area contributed by atoms with Gasteiger partial charge in [0.15, 0.2) is 0 Å². The Kier molecular flexibility index (Phi) is 3.49. The Hall–Kier alpha value is -1.81. The van der Waals surface area contributed by atoms with E-state index in [1.807, 2.05) is 38.1 Å². The van der Waals surface area contributed by atoms with E-state index >= 15 is 0 Å². The predicted octanol–water partition coefficient (Wildman–Crippen LogP) is 3.59. The van der Waals surface area contributed by atoms with Crippen LogP contribution in [0.3, 0.4) is 0 Å². The van der Waals surface area contributed by atoms with E-state index in [-0.39, 0.29) is 0 Å². The molecule has 0 aromatic heterocycles. The maximum Gasteiger partial charge on any atom is 0.261 e. The molecule has 0 spiro atoms. The molecule has 0 radical (unpaired) electrons. The maximum atomic E-state index is 12.5. The van der Waals surface area contributed by atoms with Crippen molar-refractivity contribution in [2.75, 3.05) is 4.72 Å². The lowest BCUT2D eigenvalue weighted by atomic mass is 10.1. The van der Waals surface area contributed by atoms with Crippen LogP contribution in [0.25, 0.3) is 0 Å². The summed E-state index contributed by atoms with van der Waals surface area (Å²) < 4.78 is 27.6. The lowest BCUT2D eigenvalue weighted by Crippen LogP contribution is -2.13. The molecule has 3 nitrogen and oxygen atoms in total. The molecular weight excluding hydrogens is 282 g/mol. The first-order valence-corrected chi connectivity index (χ1v) is 8.66. The molecule has 0 saturated carbocycles. The van der Waals surface area contributed by atoms with Crippen LogP contribution in [-0.2, 0) is 22.9 Å². The number of rotatable bonds is 3. The number of fused-ring (bicyclic) bond motifs is 1. The Morgan fingerprint density at radius 2 is 1.67 bits per heavy atom. The van der Waals surface area contributed by atoms with Gasteiger partial charge in [0.05, 0.1) is 4.90 Å². The quantitative estimate of drug-likeness (QED) is 0.941. The molecule has 0 aliphatic heterocycles. The average Bonchev–Trinajstić information content (AvgIpc) is 2.88. The number of sulfonamides is 1. The predicted molar refractivity (Wildman–Crippen MR) is 85.2 cm³/mol. The van der Waals surface area contributed by atoms with Crippen LogP contribution in [0.2, 0.25) is 0 Å². The Morgan fingerprint density at radius 3 is 2.43 bits per heavy atom. The molecule has 1 aliphatic rings. The van der Waals surface area contributed by atoms with Gasteiger partial charge in [-0.15, -0.1) is 0 Å². The second-order valence-electron chi connectivity index (χ2n) is 5.69. The van der Waals surface area contributed by atoms with Crippen molar-refractivity contribution in [2.45, 2.75) is 38.0 Å². The number of aryl methyl sites for hydroxylation is 4. The van der Waals surface area contributed by atoms with Crippen LogP contribution < -0.4 is 4.72 Å². The number of anilines is 1. The molecule has 3 rings (SSSR count). The van der Waals surface area contributed by atoms with Crippen molar-refractivity contribution in [3.8, 4) is 0 Å². The van der Waals surface area contributed by atoms with Gasteiger partial charge in [-0.1, -0.05) is 12.1 Å². The summed E-state index contributed by atoms with van der Waals surface area (Å²) in [5.41, 5.74) is 5.31. The SMILES string of the molecule is Cc1ccc(S(=O)(=O)Nc2ccc3c(c2)CCC3)cc1C.